The summed E-state index contributed by atoms with van der Waals surface area (Å²) in [5.74, 6) is 0.430. The lowest BCUT2D eigenvalue weighted by molar-refractivity contribution is -0.122. The van der Waals surface area contributed by atoms with Crippen LogP contribution in [0, 0.1) is 5.92 Å². The van der Waals surface area contributed by atoms with Gasteiger partial charge >= 0.3 is 0 Å². The van der Waals surface area contributed by atoms with Crippen molar-refractivity contribution >= 4 is 33.4 Å². The van der Waals surface area contributed by atoms with Crippen LogP contribution in [0.15, 0.2) is 53.0 Å². The fourth-order valence-electron chi connectivity index (χ4n) is 3.98. The molecule has 2 amide bonds. The van der Waals surface area contributed by atoms with E-state index in [1.807, 2.05) is 36.4 Å². The van der Waals surface area contributed by atoms with Crippen molar-refractivity contribution in [3.8, 4) is 0 Å². The van der Waals surface area contributed by atoms with Crippen molar-refractivity contribution in [1.82, 2.24) is 10.2 Å². The minimum absolute atomic E-state index is 0.00233. The molecule has 1 aliphatic carbocycles. The number of nitrogens with zero attached hydrogens (tertiary/aromatic N) is 1. The third-order valence-corrected chi connectivity index (χ3v) is 6.33. The van der Waals surface area contributed by atoms with Crippen molar-refractivity contribution in [2.75, 3.05) is 38.2 Å². The average molecular weight is 486 g/mol. The van der Waals surface area contributed by atoms with Crippen molar-refractivity contribution in [1.29, 1.82) is 0 Å². The lowest BCUT2D eigenvalue weighted by atomic mass is 10.1. The predicted octanol–water partition coefficient (Wildman–Crippen LogP) is 3.53. The highest BCUT2D eigenvalue weighted by Gasteiger charge is 2.43. The first kappa shape index (κ1) is 22.0. The number of morpholine rings is 1. The van der Waals surface area contributed by atoms with Gasteiger partial charge in [-0.3, -0.25) is 14.5 Å². The average Bonchev–Trinajstić information content (AvgIpc) is 3.58. The summed E-state index contributed by atoms with van der Waals surface area (Å²) < 4.78 is 6.37. The molecule has 6 nitrogen and oxygen atoms in total. The molecule has 0 bridgehead atoms. The van der Waals surface area contributed by atoms with E-state index in [1.54, 1.807) is 0 Å². The molecule has 1 saturated heterocycles. The first-order valence-electron chi connectivity index (χ1n) is 10.8. The molecule has 1 heterocycles. The molecule has 0 spiro atoms. The molecule has 1 saturated carbocycles. The monoisotopic (exact) mass is 485 g/mol. The Hall–Kier alpha value is -2.22. The molecule has 0 aromatic heterocycles. The molecule has 2 aliphatic rings. The molecule has 1 aliphatic heterocycles. The number of ether oxygens (including phenoxy) is 1. The summed E-state index contributed by atoms with van der Waals surface area (Å²) in [4.78, 5) is 27.1. The minimum atomic E-state index is 0.00233. The van der Waals surface area contributed by atoms with Crippen molar-refractivity contribution in [2.24, 2.45) is 5.92 Å². The molecule has 2 aromatic rings. The lowest BCUT2D eigenvalue weighted by Crippen LogP contribution is -2.38. The Morgan fingerprint density at radius 1 is 1.10 bits per heavy atom. The fraction of sp³-hybridized carbons (Fsp3) is 0.417. The first-order valence-corrected chi connectivity index (χ1v) is 11.6. The summed E-state index contributed by atoms with van der Waals surface area (Å²) in [6, 6.07) is 15.8. The van der Waals surface area contributed by atoms with Crippen molar-refractivity contribution in [3.05, 3.63) is 64.1 Å². The van der Waals surface area contributed by atoms with E-state index in [2.05, 4.69) is 43.6 Å². The van der Waals surface area contributed by atoms with E-state index in [0.29, 0.717) is 18.9 Å². The largest absolute Gasteiger partial charge is 0.379 e. The third-order valence-electron chi connectivity index (χ3n) is 5.84. The Balaban J connectivity index is 1.22. The Morgan fingerprint density at radius 3 is 2.71 bits per heavy atom. The summed E-state index contributed by atoms with van der Waals surface area (Å²) in [6.45, 7) is 4.43. The molecule has 4 rings (SSSR count). The van der Waals surface area contributed by atoms with Gasteiger partial charge in [0.2, 0.25) is 11.8 Å². The van der Waals surface area contributed by atoms with Crippen LogP contribution < -0.4 is 10.6 Å². The van der Waals surface area contributed by atoms with Crippen molar-refractivity contribution in [3.63, 3.8) is 0 Å². The zero-order valence-corrected chi connectivity index (χ0v) is 19.1. The second-order valence-corrected chi connectivity index (χ2v) is 9.09. The van der Waals surface area contributed by atoms with Crippen LogP contribution in [0.4, 0.5) is 5.69 Å². The molecule has 31 heavy (non-hydrogen) atoms. The maximum Gasteiger partial charge on any atom is 0.225 e. The zero-order valence-electron chi connectivity index (χ0n) is 17.5. The molecule has 164 valence electrons. The van der Waals surface area contributed by atoms with Gasteiger partial charge in [0.05, 0.1) is 13.2 Å². The molecule has 2 aromatic carbocycles. The topological polar surface area (TPSA) is 70.7 Å². The van der Waals surface area contributed by atoms with Gasteiger partial charge in [0.1, 0.15) is 0 Å². The van der Waals surface area contributed by atoms with Crippen molar-refractivity contribution < 1.29 is 14.3 Å². The van der Waals surface area contributed by atoms with Crippen LogP contribution in [-0.4, -0.2) is 49.6 Å². The lowest BCUT2D eigenvalue weighted by Gasteiger charge is -2.26. The smallest absolute Gasteiger partial charge is 0.225 e. The van der Waals surface area contributed by atoms with Gasteiger partial charge in [0.15, 0.2) is 0 Å². The number of amides is 2. The maximum absolute atomic E-state index is 12.5. The van der Waals surface area contributed by atoms with Crippen LogP contribution in [0.25, 0.3) is 0 Å². The number of anilines is 1. The van der Waals surface area contributed by atoms with E-state index >= 15 is 0 Å². The summed E-state index contributed by atoms with van der Waals surface area (Å²) in [6.07, 6.45) is 1.35. The van der Waals surface area contributed by atoms with E-state index in [0.717, 1.165) is 55.0 Å². The third kappa shape index (κ3) is 6.38. The number of benzene rings is 2. The van der Waals surface area contributed by atoms with Gasteiger partial charge in [-0.15, -0.1) is 0 Å². The van der Waals surface area contributed by atoms with Gasteiger partial charge in [0, 0.05) is 48.7 Å². The Morgan fingerprint density at radius 2 is 1.90 bits per heavy atom. The molecular weight excluding hydrogens is 458 g/mol. The first-order chi connectivity index (χ1) is 15.1. The van der Waals surface area contributed by atoms with E-state index in [1.165, 1.54) is 5.56 Å². The highest BCUT2D eigenvalue weighted by atomic mass is 79.9. The van der Waals surface area contributed by atoms with E-state index < -0.39 is 0 Å². The quantitative estimate of drug-likeness (QED) is 0.599. The summed E-state index contributed by atoms with van der Waals surface area (Å²) in [5, 5.41) is 6.01. The molecule has 2 fully saturated rings. The van der Waals surface area contributed by atoms with Crippen LogP contribution in [0.3, 0.4) is 0 Å². The number of carbonyl (C=O) groups is 2. The van der Waals surface area contributed by atoms with Crippen LogP contribution in [0.2, 0.25) is 0 Å². The second kappa shape index (κ2) is 10.4. The fourth-order valence-corrected chi connectivity index (χ4v) is 4.39. The number of halogens is 1. The molecule has 2 N–H and O–H groups in total. The van der Waals surface area contributed by atoms with E-state index in [4.69, 9.17) is 4.74 Å². The number of hydrogen-bond donors (Lipinski definition) is 2. The summed E-state index contributed by atoms with van der Waals surface area (Å²) >= 11 is 3.49. The number of rotatable bonds is 8. The van der Waals surface area contributed by atoms with E-state index in [9.17, 15) is 9.59 Å². The highest BCUT2D eigenvalue weighted by molar-refractivity contribution is 9.10. The van der Waals surface area contributed by atoms with E-state index in [-0.39, 0.29) is 17.7 Å². The van der Waals surface area contributed by atoms with Crippen LogP contribution in [-0.2, 0) is 20.9 Å². The number of hydrogen-bond acceptors (Lipinski definition) is 4. The van der Waals surface area contributed by atoms with Gasteiger partial charge in [-0.2, -0.15) is 0 Å². The normalized spacial score (nSPS) is 20.8. The van der Waals surface area contributed by atoms with Crippen LogP contribution in [0.5, 0.6) is 0 Å². The molecule has 0 radical (unpaired) electrons. The summed E-state index contributed by atoms with van der Waals surface area (Å²) in [7, 11) is 0. The number of nitrogens with one attached hydrogen (secondary N) is 2. The summed E-state index contributed by atoms with van der Waals surface area (Å²) in [5.41, 5.74) is 2.94. The standard InChI is InChI=1S/C24H28BrN3O3/c25-19-5-2-4-18(14-19)21-15-22(21)24(30)26-16-17-3-1-6-20(13-17)27-23(29)7-8-28-9-11-31-12-10-28/h1-6,13-14,21-22H,7-12,15-16H2,(H,26,30)(H,27,29). The second-order valence-electron chi connectivity index (χ2n) is 8.17. The van der Waals surface area contributed by atoms with Gasteiger partial charge < -0.3 is 15.4 Å². The molecule has 2 unspecified atom stereocenters. The maximum atomic E-state index is 12.5. The van der Waals surface area contributed by atoms with Crippen LogP contribution in [0.1, 0.15) is 29.9 Å². The Labute approximate surface area is 191 Å². The highest BCUT2D eigenvalue weighted by Crippen LogP contribution is 2.47. The molecular formula is C24H28BrN3O3. The van der Waals surface area contributed by atoms with Gasteiger partial charge in [0.25, 0.3) is 0 Å². The van der Waals surface area contributed by atoms with Crippen LogP contribution >= 0.6 is 15.9 Å². The van der Waals surface area contributed by atoms with Gasteiger partial charge in [-0.25, -0.2) is 0 Å². The zero-order chi connectivity index (χ0) is 21.6. The molecule has 2 atom stereocenters. The predicted molar refractivity (Wildman–Crippen MR) is 124 cm³/mol. The molecule has 7 heteroatoms. The van der Waals surface area contributed by atoms with Crippen molar-refractivity contribution in [2.45, 2.75) is 25.3 Å². The Bertz CT molecular complexity index is 930. The Kier molecular flexibility index (Phi) is 7.37. The SMILES string of the molecule is O=C(CCN1CCOCC1)Nc1cccc(CNC(=O)C2CC2c2cccc(Br)c2)c1. The van der Waals surface area contributed by atoms with Gasteiger partial charge in [-0.05, 0) is 47.7 Å². The minimum Gasteiger partial charge on any atom is -0.379 e. The number of carbonyl (C=O) groups excluding carboxylic acids is 2. The van der Waals surface area contributed by atoms with Gasteiger partial charge in [-0.1, -0.05) is 40.2 Å².